The van der Waals surface area contributed by atoms with Crippen LogP contribution in [-0.2, 0) is 0 Å². The third-order valence-electron chi connectivity index (χ3n) is 1.85. The molecule has 3 heteroatoms. The Hall–Kier alpha value is -2.08. The molecule has 0 heterocycles. The average molecular weight is 200 g/mol. The summed E-state index contributed by atoms with van der Waals surface area (Å²) in [5.74, 6) is -0.124. The fourth-order valence-corrected chi connectivity index (χ4v) is 1.15. The van der Waals surface area contributed by atoms with Crippen LogP contribution in [0.4, 0.5) is 0 Å². The van der Waals surface area contributed by atoms with Crippen molar-refractivity contribution in [3.8, 4) is 6.07 Å². The summed E-state index contributed by atoms with van der Waals surface area (Å²) in [4.78, 5) is 11.5. The molecule has 1 aromatic rings. The summed E-state index contributed by atoms with van der Waals surface area (Å²) in [7, 11) is 0. The molecule has 1 amide bonds. The van der Waals surface area contributed by atoms with Crippen LogP contribution in [0.1, 0.15) is 15.9 Å². The Kier molecular flexibility index (Phi) is 4.11. The second-order valence-electron chi connectivity index (χ2n) is 3.11. The summed E-state index contributed by atoms with van der Waals surface area (Å²) in [6, 6.07) is 9.22. The molecule has 0 atom stereocenters. The van der Waals surface area contributed by atoms with E-state index in [9.17, 15) is 4.79 Å². The van der Waals surface area contributed by atoms with Gasteiger partial charge in [0.1, 0.15) is 0 Å². The van der Waals surface area contributed by atoms with Crippen LogP contribution >= 0.6 is 0 Å². The van der Waals surface area contributed by atoms with E-state index in [1.54, 1.807) is 12.1 Å². The Morgan fingerprint density at radius 3 is 3.07 bits per heavy atom. The second-order valence-corrected chi connectivity index (χ2v) is 3.11. The zero-order chi connectivity index (χ0) is 11.1. The molecule has 0 aliphatic heterocycles. The van der Waals surface area contributed by atoms with E-state index < -0.39 is 0 Å². The maximum absolute atomic E-state index is 11.5. The van der Waals surface area contributed by atoms with Crippen LogP contribution in [0.25, 0.3) is 0 Å². The summed E-state index contributed by atoms with van der Waals surface area (Å²) >= 11 is 0. The molecule has 3 nitrogen and oxygen atoms in total. The summed E-state index contributed by atoms with van der Waals surface area (Å²) in [5.41, 5.74) is 1.69. The highest BCUT2D eigenvalue weighted by molar-refractivity contribution is 5.94. The molecule has 1 N–H and O–H groups in total. The van der Waals surface area contributed by atoms with Crippen molar-refractivity contribution in [3.05, 3.63) is 47.5 Å². The Labute approximate surface area is 89.0 Å². The van der Waals surface area contributed by atoms with Crippen LogP contribution in [-0.4, -0.2) is 12.5 Å². The monoisotopic (exact) mass is 200 g/mol. The molecule has 0 aliphatic carbocycles. The van der Waals surface area contributed by atoms with Gasteiger partial charge in [0, 0.05) is 18.2 Å². The first-order valence-electron chi connectivity index (χ1n) is 4.63. The number of carbonyl (C=O) groups excluding carboxylic acids is 1. The molecule has 0 aromatic heterocycles. The van der Waals surface area contributed by atoms with Crippen molar-refractivity contribution < 1.29 is 4.79 Å². The van der Waals surface area contributed by atoms with Crippen molar-refractivity contribution in [3.63, 3.8) is 0 Å². The lowest BCUT2D eigenvalue weighted by atomic mass is 10.1. The predicted molar refractivity (Wildman–Crippen MR) is 58.3 cm³/mol. The van der Waals surface area contributed by atoms with Crippen LogP contribution in [0.5, 0.6) is 0 Å². The highest BCUT2D eigenvalue weighted by Crippen LogP contribution is 2.03. The molecular formula is C12H12N2O. The van der Waals surface area contributed by atoms with E-state index in [1.165, 1.54) is 6.08 Å². The first kappa shape index (κ1) is 11.0. The lowest BCUT2D eigenvalue weighted by molar-refractivity contribution is 0.0958. The summed E-state index contributed by atoms with van der Waals surface area (Å²) in [6.07, 6.45) is 2.95. The van der Waals surface area contributed by atoms with E-state index in [2.05, 4.69) is 5.32 Å². The lowest BCUT2D eigenvalue weighted by Crippen LogP contribution is -2.23. The Morgan fingerprint density at radius 1 is 1.60 bits per heavy atom. The van der Waals surface area contributed by atoms with Crippen LogP contribution in [0.3, 0.4) is 0 Å². The number of hydrogen-bond acceptors (Lipinski definition) is 2. The van der Waals surface area contributed by atoms with Crippen LogP contribution in [0.2, 0.25) is 0 Å². The molecule has 15 heavy (non-hydrogen) atoms. The van der Waals surface area contributed by atoms with E-state index >= 15 is 0 Å². The second kappa shape index (κ2) is 5.61. The van der Waals surface area contributed by atoms with E-state index in [1.807, 2.05) is 31.2 Å². The van der Waals surface area contributed by atoms with Gasteiger partial charge in [-0.3, -0.25) is 4.79 Å². The van der Waals surface area contributed by atoms with Gasteiger partial charge in [-0.2, -0.15) is 5.26 Å². The van der Waals surface area contributed by atoms with Crippen molar-refractivity contribution in [1.29, 1.82) is 5.26 Å². The molecular weight excluding hydrogens is 188 g/mol. The molecule has 1 aromatic carbocycles. The first-order chi connectivity index (χ1) is 7.24. The van der Waals surface area contributed by atoms with E-state index in [-0.39, 0.29) is 5.91 Å². The zero-order valence-electron chi connectivity index (χ0n) is 8.53. The summed E-state index contributed by atoms with van der Waals surface area (Å²) in [6.45, 7) is 2.31. The van der Waals surface area contributed by atoms with E-state index in [0.717, 1.165) is 5.56 Å². The fourth-order valence-electron chi connectivity index (χ4n) is 1.15. The minimum atomic E-state index is -0.124. The molecule has 1 rings (SSSR count). The van der Waals surface area contributed by atoms with Crippen molar-refractivity contribution in [2.45, 2.75) is 6.92 Å². The molecule has 0 aliphatic rings. The molecule has 0 saturated carbocycles. The van der Waals surface area contributed by atoms with Crippen molar-refractivity contribution >= 4 is 5.91 Å². The number of aryl methyl sites for hydroxylation is 1. The lowest BCUT2D eigenvalue weighted by Gasteiger charge is -2.02. The summed E-state index contributed by atoms with van der Waals surface area (Å²) < 4.78 is 0. The highest BCUT2D eigenvalue weighted by Gasteiger charge is 2.02. The maximum atomic E-state index is 11.5. The number of amides is 1. The predicted octanol–water partition coefficient (Wildman–Crippen LogP) is 1.80. The quantitative estimate of drug-likeness (QED) is 0.756. The topological polar surface area (TPSA) is 52.9 Å². The summed E-state index contributed by atoms with van der Waals surface area (Å²) in [5, 5.41) is 10.9. The van der Waals surface area contributed by atoms with E-state index in [4.69, 9.17) is 5.26 Å². The molecule has 0 unspecified atom stereocenters. The number of carbonyl (C=O) groups is 1. The first-order valence-corrected chi connectivity index (χ1v) is 4.63. The zero-order valence-corrected chi connectivity index (χ0v) is 8.53. The van der Waals surface area contributed by atoms with Crippen LogP contribution < -0.4 is 5.32 Å². The third-order valence-corrected chi connectivity index (χ3v) is 1.85. The Morgan fingerprint density at radius 2 is 2.40 bits per heavy atom. The normalized spacial score (nSPS) is 9.87. The van der Waals surface area contributed by atoms with Gasteiger partial charge in [0.15, 0.2) is 0 Å². The number of nitriles is 1. The number of hydrogen-bond donors (Lipinski definition) is 1. The van der Waals surface area contributed by atoms with Gasteiger partial charge in [-0.1, -0.05) is 23.8 Å². The van der Waals surface area contributed by atoms with Gasteiger partial charge in [-0.25, -0.2) is 0 Å². The number of rotatable bonds is 3. The molecule has 0 bridgehead atoms. The fraction of sp³-hybridized carbons (Fsp3) is 0.167. The SMILES string of the molecule is Cc1cccc(C(=O)NC/C=C/C#N)c1. The van der Waals surface area contributed by atoms with Crippen LogP contribution in [0.15, 0.2) is 36.4 Å². The standard InChI is InChI=1S/C12H12N2O/c1-10-5-4-6-11(9-10)12(15)14-8-3-2-7-13/h2-6,9H,8H2,1H3,(H,14,15)/b3-2+. The Bertz CT molecular complexity index is 416. The van der Waals surface area contributed by atoms with Crippen LogP contribution in [0, 0.1) is 18.3 Å². The minimum Gasteiger partial charge on any atom is -0.349 e. The Balaban J connectivity index is 2.55. The van der Waals surface area contributed by atoms with Gasteiger partial charge in [0.25, 0.3) is 5.91 Å². The smallest absolute Gasteiger partial charge is 0.251 e. The number of benzene rings is 1. The number of allylic oxidation sites excluding steroid dienone is 1. The largest absolute Gasteiger partial charge is 0.349 e. The molecule has 0 fully saturated rings. The molecule has 76 valence electrons. The molecule has 0 spiro atoms. The van der Waals surface area contributed by atoms with Gasteiger partial charge < -0.3 is 5.32 Å². The maximum Gasteiger partial charge on any atom is 0.251 e. The molecule has 0 radical (unpaired) electrons. The van der Waals surface area contributed by atoms with Crippen molar-refractivity contribution in [1.82, 2.24) is 5.32 Å². The van der Waals surface area contributed by atoms with Gasteiger partial charge in [-0.05, 0) is 19.1 Å². The van der Waals surface area contributed by atoms with Gasteiger partial charge in [0.05, 0.1) is 6.07 Å². The number of nitrogens with zero attached hydrogens (tertiary/aromatic N) is 1. The minimum absolute atomic E-state index is 0.124. The number of nitrogens with one attached hydrogen (secondary N) is 1. The van der Waals surface area contributed by atoms with Gasteiger partial charge >= 0.3 is 0 Å². The van der Waals surface area contributed by atoms with Crippen molar-refractivity contribution in [2.75, 3.05) is 6.54 Å². The van der Waals surface area contributed by atoms with Crippen molar-refractivity contribution in [2.24, 2.45) is 0 Å². The van der Waals surface area contributed by atoms with Gasteiger partial charge in [-0.15, -0.1) is 0 Å². The average Bonchev–Trinajstić information content (AvgIpc) is 2.24. The third kappa shape index (κ3) is 3.65. The van der Waals surface area contributed by atoms with Gasteiger partial charge in [0.2, 0.25) is 0 Å². The molecule has 0 saturated heterocycles. The highest BCUT2D eigenvalue weighted by atomic mass is 16.1. The van der Waals surface area contributed by atoms with E-state index in [0.29, 0.717) is 12.1 Å².